The number of halogens is 1. The van der Waals surface area contributed by atoms with Gasteiger partial charge in [-0.3, -0.25) is 9.59 Å². The van der Waals surface area contributed by atoms with E-state index in [1.807, 2.05) is 31.2 Å². The van der Waals surface area contributed by atoms with Crippen LogP contribution in [0.4, 0.5) is 0 Å². The summed E-state index contributed by atoms with van der Waals surface area (Å²) < 4.78 is 11.6. The van der Waals surface area contributed by atoms with Gasteiger partial charge in [0.2, 0.25) is 5.76 Å². The van der Waals surface area contributed by atoms with Crippen LogP contribution in [-0.2, 0) is 0 Å². The number of rotatable bonds is 6. The Kier molecular flexibility index (Phi) is 5.22. The molecule has 5 nitrogen and oxygen atoms in total. The first-order chi connectivity index (χ1) is 14.5. The maximum absolute atomic E-state index is 13.5. The van der Waals surface area contributed by atoms with Gasteiger partial charge in [-0.25, -0.2) is 0 Å². The molecular formula is C24H20ClNO4. The third kappa shape index (κ3) is 3.21. The van der Waals surface area contributed by atoms with E-state index in [-0.39, 0.29) is 23.6 Å². The number of amides is 1. The molecule has 1 aromatic heterocycles. The van der Waals surface area contributed by atoms with Crippen LogP contribution in [0, 0.1) is 6.92 Å². The van der Waals surface area contributed by atoms with Gasteiger partial charge in [-0.05, 0) is 42.3 Å². The zero-order valence-corrected chi connectivity index (χ0v) is 17.2. The summed E-state index contributed by atoms with van der Waals surface area (Å²) in [6.45, 7) is 9.84. The minimum absolute atomic E-state index is 0.0542. The molecule has 1 amide bonds. The van der Waals surface area contributed by atoms with Crippen LogP contribution < -0.4 is 10.2 Å². The van der Waals surface area contributed by atoms with Crippen LogP contribution in [-0.4, -0.2) is 24.0 Å². The molecular weight excluding hydrogens is 402 g/mol. The van der Waals surface area contributed by atoms with E-state index in [1.165, 1.54) is 0 Å². The van der Waals surface area contributed by atoms with E-state index >= 15 is 0 Å². The second-order valence-corrected chi connectivity index (χ2v) is 7.50. The number of hydrogen-bond acceptors (Lipinski definition) is 4. The highest BCUT2D eigenvalue weighted by atomic mass is 35.5. The lowest BCUT2D eigenvalue weighted by Gasteiger charge is -2.24. The van der Waals surface area contributed by atoms with Gasteiger partial charge < -0.3 is 14.1 Å². The highest BCUT2D eigenvalue weighted by Crippen LogP contribution is 2.39. The van der Waals surface area contributed by atoms with Crippen molar-refractivity contribution in [1.29, 1.82) is 0 Å². The molecule has 0 aliphatic carbocycles. The minimum atomic E-state index is -0.612. The molecule has 1 atom stereocenters. The fraction of sp³-hybridized carbons (Fsp3) is 0.167. The number of nitrogens with zero attached hydrogens (tertiary/aromatic N) is 1. The summed E-state index contributed by atoms with van der Waals surface area (Å²) in [5.74, 6) is 0.327. The summed E-state index contributed by atoms with van der Waals surface area (Å²) in [5, 5.41) is 0.819. The predicted molar refractivity (Wildman–Crippen MR) is 117 cm³/mol. The highest BCUT2D eigenvalue weighted by molar-refractivity contribution is 6.32. The van der Waals surface area contributed by atoms with Gasteiger partial charge in [-0.1, -0.05) is 42.5 Å². The van der Waals surface area contributed by atoms with E-state index in [2.05, 4.69) is 13.2 Å². The highest BCUT2D eigenvalue weighted by Gasteiger charge is 2.42. The van der Waals surface area contributed by atoms with E-state index in [9.17, 15) is 9.59 Å². The van der Waals surface area contributed by atoms with Crippen LogP contribution in [0.1, 0.15) is 33.3 Å². The number of fused-ring (bicyclic) bond motifs is 2. The summed E-state index contributed by atoms with van der Waals surface area (Å²) in [4.78, 5) is 28.2. The average molecular weight is 422 g/mol. The van der Waals surface area contributed by atoms with Crippen LogP contribution >= 0.6 is 11.6 Å². The molecule has 0 spiro atoms. The van der Waals surface area contributed by atoms with Crippen molar-refractivity contribution in [3.05, 3.63) is 99.4 Å². The van der Waals surface area contributed by atoms with Crippen LogP contribution in [0.2, 0.25) is 5.02 Å². The summed E-state index contributed by atoms with van der Waals surface area (Å²) in [7, 11) is 0. The Balaban J connectivity index is 1.95. The van der Waals surface area contributed by atoms with Crippen molar-refractivity contribution < 1.29 is 13.9 Å². The average Bonchev–Trinajstić information content (AvgIpc) is 3.01. The molecule has 2 heterocycles. The maximum Gasteiger partial charge on any atom is 0.291 e. The monoisotopic (exact) mass is 421 g/mol. The Labute approximate surface area is 178 Å². The molecule has 1 aliphatic heterocycles. The number of carbonyl (C=O) groups excluding carboxylic acids is 1. The molecule has 6 heteroatoms. The molecule has 4 rings (SSSR count). The molecule has 3 aromatic rings. The second kappa shape index (κ2) is 7.84. The van der Waals surface area contributed by atoms with Crippen molar-refractivity contribution in [3.63, 3.8) is 0 Å². The number of carbonyl (C=O) groups is 1. The van der Waals surface area contributed by atoms with Gasteiger partial charge in [0.1, 0.15) is 17.9 Å². The van der Waals surface area contributed by atoms with Crippen molar-refractivity contribution in [1.82, 2.24) is 4.90 Å². The largest absolute Gasteiger partial charge is 0.490 e. The van der Waals surface area contributed by atoms with Crippen LogP contribution in [0.25, 0.3) is 11.0 Å². The first-order valence-electron chi connectivity index (χ1n) is 9.48. The van der Waals surface area contributed by atoms with Crippen molar-refractivity contribution in [2.45, 2.75) is 13.0 Å². The Hall–Kier alpha value is -3.31. The van der Waals surface area contributed by atoms with E-state index < -0.39 is 6.04 Å². The molecule has 1 unspecified atom stereocenters. The standard InChI is InChI=1S/C24H20ClNO4/c1-4-9-26-21(15-7-6-8-16(12-15)29-10-5-2)20-22(27)17-13-18(25)14(3)11-19(17)30-23(20)24(26)28/h4-8,11-13,21H,1-2,9-10H2,3H3. The Morgan fingerprint density at radius 1 is 1.20 bits per heavy atom. The number of hydrogen-bond donors (Lipinski definition) is 0. The maximum atomic E-state index is 13.5. The molecule has 30 heavy (non-hydrogen) atoms. The number of aryl methyl sites for hydroxylation is 1. The smallest absolute Gasteiger partial charge is 0.291 e. The first-order valence-corrected chi connectivity index (χ1v) is 9.86. The Bertz CT molecular complexity index is 1240. The van der Waals surface area contributed by atoms with Gasteiger partial charge in [-0.2, -0.15) is 0 Å². The molecule has 0 fully saturated rings. The second-order valence-electron chi connectivity index (χ2n) is 7.09. The van der Waals surface area contributed by atoms with Gasteiger partial charge >= 0.3 is 0 Å². The van der Waals surface area contributed by atoms with Gasteiger partial charge in [-0.15, -0.1) is 6.58 Å². The summed E-state index contributed by atoms with van der Waals surface area (Å²) in [6, 6.07) is 9.98. The zero-order valence-electron chi connectivity index (χ0n) is 16.5. The molecule has 0 N–H and O–H groups in total. The Morgan fingerprint density at radius 3 is 2.73 bits per heavy atom. The topological polar surface area (TPSA) is 59.8 Å². The SMILES string of the molecule is C=CCOc1cccc(C2c3c(oc4cc(C)c(Cl)cc4c3=O)C(=O)N2CC=C)c1. The third-order valence-corrected chi connectivity index (χ3v) is 5.52. The van der Waals surface area contributed by atoms with Crippen LogP contribution in [0.5, 0.6) is 5.75 Å². The fourth-order valence-electron chi connectivity index (χ4n) is 3.74. The number of benzene rings is 2. The molecule has 152 valence electrons. The van der Waals surface area contributed by atoms with E-state index in [1.54, 1.807) is 29.2 Å². The lowest BCUT2D eigenvalue weighted by atomic mass is 9.98. The molecule has 1 aliphatic rings. The van der Waals surface area contributed by atoms with Gasteiger partial charge in [0.25, 0.3) is 5.91 Å². The molecule has 0 radical (unpaired) electrons. The van der Waals surface area contributed by atoms with Crippen LogP contribution in [0.3, 0.4) is 0 Å². The van der Waals surface area contributed by atoms with Gasteiger partial charge in [0, 0.05) is 11.6 Å². The summed E-state index contributed by atoms with van der Waals surface area (Å²) in [5.41, 5.74) is 1.89. The fourth-order valence-corrected chi connectivity index (χ4v) is 3.91. The lowest BCUT2D eigenvalue weighted by Crippen LogP contribution is -2.29. The minimum Gasteiger partial charge on any atom is -0.490 e. The van der Waals surface area contributed by atoms with Crippen LogP contribution in [0.15, 0.2) is 70.9 Å². The lowest BCUT2D eigenvalue weighted by molar-refractivity contribution is 0.0748. The molecule has 0 saturated heterocycles. The van der Waals surface area contributed by atoms with E-state index in [0.717, 1.165) is 11.1 Å². The Morgan fingerprint density at radius 2 is 2.00 bits per heavy atom. The van der Waals surface area contributed by atoms with Crippen molar-refractivity contribution in [3.8, 4) is 5.75 Å². The third-order valence-electron chi connectivity index (χ3n) is 5.11. The quantitative estimate of drug-likeness (QED) is 0.522. The van der Waals surface area contributed by atoms with Gasteiger partial charge in [0.05, 0.1) is 17.0 Å². The number of ether oxygens (including phenoxy) is 1. The zero-order chi connectivity index (χ0) is 21.4. The van der Waals surface area contributed by atoms with Crippen molar-refractivity contribution in [2.24, 2.45) is 0 Å². The first kappa shape index (κ1) is 20.0. The van der Waals surface area contributed by atoms with Crippen molar-refractivity contribution >= 4 is 28.5 Å². The van der Waals surface area contributed by atoms with Gasteiger partial charge in [0.15, 0.2) is 5.43 Å². The van der Waals surface area contributed by atoms with E-state index in [0.29, 0.717) is 33.9 Å². The summed E-state index contributed by atoms with van der Waals surface area (Å²) >= 11 is 6.24. The van der Waals surface area contributed by atoms with Crippen molar-refractivity contribution in [2.75, 3.05) is 13.2 Å². The molecule has 0 bridgehead atoms. The van der Waals surface area contributed by atoms with E-state index in [4.69, 9.17) is 20.8 Å². The molecule has 2 aromatic carbocycles. The summed E-state index contributed by atoms with van der Waals surface area (Å²) in [6.07, 6.45) is 3.28. The normalized spacial score (nSPS) is 15.3. The predicted octanol–water partition coefficient (Wildman–Crippen LogP) is 5.05. The molecule has 0 saturated carbocycles.